The molecule has 1 fully saturated rings. The van der Waals surface area contributed by atoms with Crippen LogP contribution in [0.15, 0.2) is 29.4 Å². The molecule has 0 aliphatic heterocycles. The van der Waals surface area contributed by atoms with Crippen LogP contribution in [0.5, 0.6) is 0 Å². The number of H-pyrrole nitrogens is 1. The maximum Gasteiger partial charge on any atom is 0.233 e. The molecule has 0 atom stereocenters. The summed E-state index contributed by atoms with van der Waals surface area (Å²) in [6, 6.07) is 7.85. The molecule has 2 aromatic rings. The standard InChI is InChI=1S/C17H21ClN4OS/c1-11(2)9-22(14-7-8-14)15(23)10-24-17-19-16(20-21-17)12-3-5-13(18)6-4-12/h3-6,11,14H,7-10H2,1-2H3,(H,19,20,21). The molecule has 1 aromatic carbocycles. The van der Waals surface area contributed by atoms with Crippen LogP contribution >= 0.6 is 23.4 Å². The number of aromatic amines is 1. The quantitative estimate of drug-likeness (QED) is 0.757. The Kier molecular flexibility index (Phi) is 5.46. The first-order valence-electron chi connectivity index (χ1n) is 8.13. The molecule has 24 heavy (non-hydrogen) atoms. The number of amides is 1. The highest BCUT2D eigenvalue weighted by atomic mass is 35.5. The van der Waals surface area contributed by atoms with E-state index >= 15 is 0 Å². The van der Waals surface area contributed by atoms with Gasteiger partial charge in [-0.1, -0.05) is 37.2 Å². The first kappa shape index (κ1) is 17.3. The second-order valence-corrected chi connectivity index (χ2v) is 7.81. The van der Waals surface area contributed by atoms with E-state index in [1.54, 1.807) is 0 Å². The van der Waals surface area contributed by atoms with Crippen molar-refractivity contribution in [1.82, 2.24) is 20.1 Å². The zero-order valence-corrected chi connectivity index (χ0v) is 15.4. The largest absolute Gasteiger partial charge is 0.339 e. The smallest absolute Gasteiger partial charge is 0.233 e. The van der Waals surface area contributed by atoms with E-state index in [0.29, 0.717) is 33.7 Å². The van der Waals surface area contributed by atoms with Gasteiger partial charge in [-0.2, -0.15) is 0 Å². The van der Waals surface area contributed by atoms with E-state index in [2.05, 4.69) is 29.0 Å². The van der Waals surface area contributed by atoms with Gasteiger partial charge >= 0.3 is 0 Å². The topological polar surface area (TPSA) is 61.9 Å². The van der Waals surface area contributed by atoms with Crippen LogP contribution in [0, 0.1) is 5.92 Å². The van der Waals surface area contributed by atoms with Crippen LogP contribution in [-0.4, -0.2) is 44.3 Å². The highest BCUT2D eigenvalue weighted by Gasteiger charge is 2.32. The zero-order valence-electron chi connectivity index (χ0n) is 13.8. The summed E-state index contributed by atoms with van der Waals surface area (Å²) in [5.74, 6) is 1.72. The van der Waals surface area contributed by atoms with E-state index in [1.165, 1.54) is 11.8 Å². The van der Waals surface area contributed by atoms with E-state index in [-0.39, 0.29) is 5.91 Å². The van der Waals surface area contributed by atoms with Crippen LogP contribution in [0.2, 0.25) is 5.02 Å². The summed E-state index contributed by atoms with van der Waals surface area (Å²) < 4.78 is 0. The summed E-state index contributed by atoms with van der Waals surface area (Å²) in [6.45, 7) is 5.11. The lowest BCUT2D eigenvalue weighted by Gasteiger charge is -2.24. The molecule has 0 radical (unpaired) electrons. The summed E-state index contributed by atoms with van der Waals surface area (Å²) in [4.78, 5) is 18.9. The van der Waals surface area contributed by atoms with Gasteiger partial charge in [-0.25, -0.2) is 4.98 Å². The molecule has 1 heterocycles. The third kappa shape index (κ3) is 4.51. The Balaban J connectivity index is 1.58. The van der Waals surface area contributed by atoms with Gasteiger partial charge in [0.2, 0.25) is 11.1 Å². The molecule has 128 valence electrons. The van der Waals surface area contributed by atoms with Crippen LogP contribution in [0.25, 0.3) is 11.4 Å². The Morgan fingerprint density at radius 1 is 1.38 bits per heavy atom. The third-order valence-electron chi connectivity index (χ3n) is 3.78. The molecule has 7 heteroatoms. The predicted octanol–water partition coefficient (Wildman–Crippen LogP) is 3.86. The minimum atomic E-state index is 0.175. The maximum absolute atomic E-state index is 12.5. The van der Waals surface area contributed by atoms with Crippen LogP contribution < -0.4 is 0 Å². The number of carbonyl (C=O) groups is 1. The molecule has 0 bridgehead atoms. The van der Waals surface area contributed by atoms with Gasteiger partial charge < -0.3 is 4.90 Å². The summed E-state index contributed by atoms with van der Waals surface area (Å²) in [5.41, 5.74) is 0.921. The van der Waals surface area contributed by atoms with Crippen molar-refractivity contribution in [2.75, 3.05) is 12.3 Å². The van der Waals surface area contributed by atoms with E-state index in [1.807, 2.05) is 29.2 Å². The lowest BCUT2D eigenvalue weighted by Crippen LogP contribution is -2.37. The molecule has 0 saturated heterocycles. The maximum atomic E-state index is 12.5. The van der Waals surface area contributed by atoms with Gasteiger partial charge in [0.25, 0.3) is 0 Å². The highest BCUT2D eigenvalue weighted by Crippen LogP contribution is 2.29. The van der Waals surface area contributed by atoms with Gasteiger partial charge in [-0.15, -0.1) is 5.10 Å². The van der Waals surface area contributed by atoms with Crippen molar-refractivity contribution < 1.29 is 4.79 Å². The second-order valence-electron chi connectivity index (χ2n) is 6.43. The molecular formula is C17H21ClN4OS. The fourth-order valence-corrected chi connectivity index (χ4v) is 3.30. The average molecular weight is 365 g/mol. The summed E-state index contributed by atoms with van der Waals surface area (Å²) >= 11 is 7.27. The number of rotatable bonds is 7. The fraction of sp³-hybridized carbons (Fsp3) is 0.471. The lowest BCUT2D eigenvalue weighted by molar-refractivity contribution is -0.129. The van der Waals surface area contributed by atoms with Crippen molar-refractivity contribution in [3.05, 3.63) is 29.3 Å². The van der Waals surface area contributed by atoms with Crippen LogP contribution in [0.4, 0.5) is 0 Å². The number of hydrogen-bond donors (Lipinski definition) is 1. The van der Waals surface area contributed by atoms with Gasteiger partial charge in [0.1, 0.15) is 0 Å². The Labute approximate surface area is 151 Å². The predicted molar refractivity (Wildman–Crippen MR) is 97.1 cm³/mol. The molecule has 1 aliphatic carbocycles. The number of benzene rings is 1. The van der Waals surface area contributed by atoms with E-state index in [9.17, 15) is 4.79 Å². The zero-order chi connectivity index (χ0) is 17.1. The van der Waals surface area contributed by atoms with Crippen molar-refractivity contribution in [3.63, 3.8) is 0 Å². The molecule has 0 spiro atoms. The number of carbonyl (C=O) groups excluding carboxylic acids is 1. The Morgan fingerprint density at radius 2 is 2.08 bits per heavy atom. The Morgan fingerprint density at radius 3 is 2.71 bits per heavy atom. The monoisotopic (exact) mass is 364 g/mol. The van der Waals surface area contributed by atoms with Gasteiger partial charge in [-0.05, 0) is 43.0 Å². The Bertz CT molecular complexity index is 697. The second kappa shape index (κ2) is 7.57. The molecule has 1 aromatic heterocycles. The van der Waals surface area contributed by atoms with E-state index in [4.69, 9.17) is 11.6 Å². The summed E-state index contributed by atoms with van der Waals surface area (Å²) in [7, 11) is 0. The molecule has 1 aliphatic rings. The molecule has 3 rings (SSSR count). The van der Waals surface area contributed by atoms with Crippen molar-refractivity contribution >= 4 is 29.3 Å². The van der Waals surface area contributed by atoms with Gasteiger partial charge in [0.05, 0.1) is 5.75 Å². The first-order valence-corrected chi connectivity index (χ1v) is 9.50. The van der Waals surface area contributed by atoms with E-state index < -0.39 is 0 Å². The normalized spacial score (nSPS) is 14.2. The minimum absolute atomic E-state index is 0.175. The fourth-order valence-electron chi connectivity index (χ4n) is 2.49. The SMILES string of the molecule is CC(C)CN(C(=O)CSc1n[nH]c(-c2ccc(Cl)cc2)n1)C1CC1. The molecule has 1 amide bonds. The van der Waals surface area contributed by atoms with Crippen LogP contribution in [0.3, 0.4) is 0 Å². The molecule has 0 unspecified atom stereocenters. The number of thioether (sulfide) groups is 1. The summed E-state index contributed by atoms with van der Waals surface area (Å²) in [5, 5.41) is 8.38. The van der Waals surface area contributed by atoms with E-state index in [0.717, 1.165) is 24.9 Å². The van der Waals surface area contributed by atoms with Crippen LogP contribution in [0.1, 0.15) is 26.7 Å². The summed E-state index contributed by atoms with van der Waals surface area (Å²) in [6.07, 6.45) is 2.26. The van der Waals surface area contributed by atoms with Gasteiger partial charge in [0.15, 0.2) is 5.82 Å². The van der Waals surface area contributed by atoms with Crippen molar-refractivity contribution in [1.29, 1.82) is 0 Å². The Hall–Kier alpha value is -1.53. The first-order chi connectivity index (χ1) is 11.5. The number of aromatic nitrogens is 3. The number of halogens is 1. The van der Waals surface area contributed by atoms with Crippen molar-refractivity contribution in [2.24, 2.45) is 5.92 Å². The lowest BCUT2D eigenvalue weighted by atomic mass is 10.2. The third-order valence-corrected chi connectivity index (χ3v) is 4.86. The molecular weight excluding hydrogens is 344 g/mol. The molecule has 1 N–H and O–H groups in total. The van der Waals surface area contributed by atoms with Crippen LogP contribution in [-0.2, 0) is 4.79 Å². The van der Waals surface area contributed by atoms with Gasteiger partial charge in [0, 0.05) is 23.2 Å². The highest BCUT2D eigenvalue weighted by molar-refractivity contribution is 7.99. The number of nitrogens with one attached hydrogen (secondary N) is 1. The van der Waals surface area contributed by atoms with Crippen molar-refractivity contribution in [2.45, 2.75) is 37.9 Å². The molecule has 1 saturated carbocycles. The number of hydrogen-bond acceptors (Lipinski definition) is 4. The van der Waals surface area contributed by atoms with Gasteiger partial charge in [-0.3, -0.25) is 9.89 Å². The minimum Gasteiger partial charge on any atom is -0.339 e. The average Bonchev–Trinajstić information content (AvgIpc) is 3.29. The molecule has 5 nitrogen and oxygen atoms in total. The van der Waals surface area contributed by atoms with Crippen molar-refractivity contribution in [3.8, 4) is 11.4 Å². The number of nitrogens with zero attached hydrogens (tertiary/aromatic N) is 3.